The molecule has 0 aromatic heterocycles. The molecule has 0 spiro atoms. The van der Waals surface area contributed by atoms with Gasteiger partial charge in [-0.25, -0.2) is 0 Å². The molecule has 2 N–H and O–H groups in total. The molecule has 0 aliphatic carbocycles. The molecule has 2 aliphatic heterocycles. The van der Waals surface area contributed by atoms with E-state index in [1.807, 2.05) is 0 Å². The lowest BCUT2D eigenvalue weighted by Crippen LogP contribution is -2.52. The highest BCUT2D eigenvalue weighted by atomic mass is 16.4. The van der Waals surface area contributed by atoms with Crippen molar-refractivity contribution in [3.63, 3.8) is 0 Å². The van der Waals surface area contributed by atoms with Crippen molar-refractivity contribution < 1.29 is 48.6 Å². The molecule has 0 atom stereocenters. The second-order valence-electron chi connectivity index (χ2n) is 7.14. The Labute approximate surface area is 192 Å². The van der Waals surface area contributed by atoms with Gasteiger partial charge in [-0.3, -0.25) is 58.2 Å². The molecular weight excluding hydrogens is 456 g/mol. The van der Waals surface area contributed by atoms with Gasteiger partial charge in [-0.15, -0.1) is 0 Å². The van der Waals surface area contributed by atoms with E-state index in [4.69, 9.17) is 10.2 Å². The van der Waals surface area contributed by atoms with Gasteiger partial charge in [0.1, 0.15) is 0 Å². The quantitative estimate of drug-likeness (QED) is 0.237. The second kappa shape index (κ2) is 11.5. The monoisotopic (exact) mass is 478 g/mol. The van der Waals surface area contributed by atoms with Crippen LogP contribution in [-0.2, 0) is 38.4 Å². The molecule has 2 aliphatic rings. The first-order valence-electron chi connectivity index (χ1n) is 10.1. The van der Waals surface area contributed by atoms with E-state index in [9.17, 15) is 38.4 Å². The third kappa shape index (κ3) is 6.82. The Morgan fingerprint density at radius 2 is 0.882 bits per heavy atom. The molecule has 14 nitrogen and oxygen atoms in total. The maximum absolute atomic E-state index is 12.9. The van der Waals surface area contributed by atoms with Crippen LogP contribution in [0.1, 0.15) is 25.7 Å². The van der Waals surface area contributed by atoms with E-state index in [-0.39, 0.29) is 13.1 Å². The van der Waals surface area contributed by atoms with Crippen molar-refractivity contribution in [2.75, 3.05) is 26.2 Å². The summed E-state index contributed by atoms with van der Waals surface area (Å²) >= 11 is 0. The highest BCUT2D eigenvalue weighted by Crippen LogP contribution is 2.12. The zero-order valence-corrected chi connectivity index (χ0v) is 17.9. The summed E-state index contributed by atoms with van der Waals surface area (Å²) in [6, 6.07) is 0. The van der Waals surface area contributed by atoms with Gasteiger partial charge in [0.15, 0.2) is 0 Å². The molecule has 0 aromatic carbocycles. The molecule has 6 amide bonds. The normalized spacial score (nSPS) is 14.8. The number of imide groups is 2. The summed E-state index contributed by atoms with van der Waals surface area (Å²) < 4.78 is 0. The Morgan fingerprint density at radius 1 is 0.588 bits per heavy atom. The molecule has 182 valence electrons. The number of aliphatic carboxylic acids is 2. The van der Waals surface area contributed by atoms with Crippen molar-refractivity contribution in [2.45, 2.75) is 25.7 Å². The SMILES string of the molecule is O=C(O)CCN(C(=O)CCN1C(=O)C=CC1=O)N(CCC(=O)O)C(=O)CCN1C(=O)C=CC1=O. The average molecular weight is 478 g/mol. The van der Waals surface area contributed by atoms with Gasteiger partial charge >= 0.3 is 11.9 Å². The second-order valence-corrected chi connectivity index (χ2v) is 7.14. The number of carbonyl (C=O) groups is 8. The number of nitrogens with zero attached hydrogens (tertiary/aromatic N) is 4. The first kappa shape index (κ1) is 25.9. The molecule has 0 unspecified atom stereocenters. The standard InChI is InChI=1S/C20H22N4O10/c25-13-1-2-14(26)21(13)9-5-17(29)23(11-7-19(31)32)24(12-8-20(33)34)18(30)6-10-22-15(27)3-4-16(22)28/h1-4H,5-12H2,(H,31,32)(H,33,34). The van der Waals surface area contributed by atoms with Crippen molar-refractivity contribution >= 4 is 47.4 Å². The lowest BCUT2D eigenvalue weighted by atomic mass is 10.3. The maximum Gasteiger partial charge on any atom is 0.305 e. The molecule has 14 heteroatoms. The van der Waals surface area contributed by atoms with Crippen LogP contribution in [0, 0.1) is 0 Å². The summed E-state index contributed by atoms with van der Waals surface area (Å²) in [5, 5.41) is 19.6. The van der Waals surface area contributed by atoms with Gasteiger partial charge in [0.05, 0.1) is 25.9 Å². The largest absolute Gasteiger partial charge is 0.481 e. The minimum atomic E-state index is -1.29. The van der Waals surface area contributed by atoms with Crippen LogP contribution in [-0.4, -0.2) is 104 Å². The van der Waals surface area contributed by atoms with Crippen LogP contribution >= 0.6 is 0 Å². The Kier molecular flexibility index (Phi) is 8.75. The number of hydrogen-bond acceptors (Lipinski definition) is 8. The first-order chi connectivity index (χ1) is 16.0. The van der Waals surface area contributed by atoms with Crippen molar-refractivity contribution in [3.05, 3.63) is 24.3 Å². The van der Waals surface area contributed by atoms with Crippen molar-refractivity contribution in [3.8, 4) is 0 Å². The van der Waals surface area contributed by atoms with Gasteiger partial charge in [-0.1, -0.05) is 0 Å². The highest BCUT2D eigenvalue weighted by Gasteiger charge is 2.31. The number of hydrazine groups is 1. The van der Waals surface area contributed by atoms with E-state index < -0.39 is 86.2 Å². The number of carbonyl (C=O) groups excluding carboxylic acids is 6. The van der Waals surface area contributed by atoms with Crippen LogP contribution in [0.25, 0.3) is 0 Å². The number of hydrogen-bond donors (Lipinski definition) is 2. The Morgan fingerprint density at radius 3 is 1.15 bits per heavy atom. The number of carboxylic acid groups (broad SMARTS) is 2. The van der Waals surface area contributed by atoms with Crippen LogP contribution in [0.15, 0.2) is 24.3 Å². The minimum Gasteiger partial charge on any atom is -0.481 e. The van der Waals surface area contributed by atoms with Gasteiger partial charge < -0.3 is 10.2 Å². The van der Waals surface area contributed by atoms with E-state index in [0.29, 0.717) is 0 Å². The van der Waals surface area contributed by atoms with E-state index >= 15 is 0 Å². The predicted molar refractivity (Wildman–Crippen MR) is 109 cm³/mol. The van der Waals surface area contributed by atoms with Gasteiger partial charge in [0.25, 0.3) is 23.6 Å². The zero-order valence-electron chi connectivity index (χ0n) is 17.9. The average Bonchev–Trinajstić information content (AvgIpc) is 3.26. The summed E-state index contributed by atoms with van der Waals surface area (Å²) in [4.78, 5) is 96.2. The molecule has 0 fully saturated rings. The van der Waals surface area contributed by atoms with Crippen LogP contribution in [0.2, 0.25) is 0 Å². The molecular formula is C20H22N4O10. The summed E-state index contributed by atoms with van der Waals surface area (Å²) in [6.45, 7) is -1.67. The highest BCUT2D eigenvalue weighted by molar-refractivity contribution is 6.13. The smallest absolute Gasteiger partial charge is 0.305 e. The van der Waals surface area contributed by atoms with Crippen molar-refractivity contribution in [1.29, 1.82) is 0 Å². The van der Waals surface area contributed by atoms with E-state index in [2.05, 4.69) is 0 Å². The molecule has 0 radical (unpaired) electrons. The van der Waals surface area contributed by atoms with Crippen LogP contribution in [0.3, 0.4) is 0 Å². The van der Waals surface area contributed by atoms with E-state index in [1.54, 1.807) is 0 Å². The van der Waals surface area contributed by atoms with Crippen LogP contribution < -0.4 is 0 Å². The molecule has 0 bridgehead atoms. The van der Waals surface area contributed by atoms with Crippen LogP contribution in [0.4, 0.5) is 0 Å². The van der Waals surface area contributed by atoms with Gasteiger partial charge in [0, 0.05) is 50.2 Å². The fourth-order valence-corrected chi connectivity index (χ4v) is 3.14. The zero-order chi connectivity index (χ0) is 25.4. The maximum atomic E-state index is 12.9. The molecule has 34 heavy (non-hydrogen) atoms. The van der Waals surface area contributed by atoms with Gasteiger partial charge in [0.2, 0.25) is 11.8 Å². The third-order valence-corrected chi connectivity index (χ3v) is 4.84. The summed E-state index contributed by atoms with van der Waals surface area (Å²) in [5.41, 5.74) is 0. The summed E-state index contributed by atoms with van der Waals surface area (Å²) in [6.07, 6.45) is 2.00. The molecule has 0 saturated carbocycles. The van der Waals surface area contributed by atoms with Crippen molar-refractivity contribution in [2.24, 2.45) is 0 Å². The lowest BCUT2D eigenvalue weighted by molar-refractivity contribution is -0.167. The van der Waals surface area contributed by atoms with Crippen LogP contribution in [0.5, 0.6) is 0 Å². The summed E-state index contributed by atoms with van der Waals surface area (Å²) in [5.74, 6) is -6.80. The first-order valence-corrected chi connectivity index (χ1v) is 10.1. The van der Waals surface area contributed by atoms with Crippen molar-refractivity contribution in [1.82, 2.24) is 19.8 Å². The third-order valence-electron chi connectivity index (χ3n) is 4.84. The topological polar surface area (TPSA) is 190 Å². The lowest BCUT2D eigenvalue weighted by Gasteiger charge is -2.35. The number of amides is 6. The number of rotatable bonds is 12. The fraction of sp³-hybridized carbons (Fsp3) is 0.400. The van der Waals surface area contributed by atoms with E-state index in [0.717, 1.165) is 44.1 Å². The van der Waals surface area contributed by atoms with Gasteiger partial charge in [-0.05, 0) is 0 Å². The molecule has 0 saturated heterocycles. The molecule has 2 rings (SSSR count). The predicted octanol–water partition coefficient (Wildman–Crippen LogP) is -1.86. The number of carboxylic acids is 2. The Bertz CT molecular complexity index is 872. The summed E-state index contributed by atoms with van der Waals surface area (Å²) in [7, 11) is 0. The van der Waals surface area contributed by atoms with E-state index in [1.165, 1.54) is 0 Å². The minimum absolute atomic E-state index is 0.337. The molecule has 0 aromatic rings. The molecule has 2 heterocycles. The Balaban J connectivity index is 2.16. The Hall–Kier alpha value is -4.36. The van der Waals surface area contributed by atoms with Gasteiger partial charge in [-0.2, -0.15) is 0 Å². The fourth-order valence-electron chi connectivity index (χ4n) is 3.14.